The van der Waals surface area contributed by atoms with Crippen molar-refractivity contribution in [2.24, 2.45) is 5.92 Å². The number of nitrogens with zero attached hydrogens (tertiary/aromatic N) is 1. The van der Waals surface area contributed by atoms with E-state index >= 15 is 0 Å². The highest BCUT2D eigenvalue weighted by Gasteiger charge is 2.33. The van der Waals surface area contributed by atoms with Crippen LogP contribution in [0.15, 0.2) is 88.8 Å². The third kappa shape index (κ3) is 11.0. The van der Waals surface area contributed by atoms with Gasteiger partial charge in [-0.15, -0.1) is 0 Å². The number of carboxylic acid groups (broad SMARTS) is 1. The molecule has 0 aliphatic rings. The highest BCUT2D eigenvalue weighted by atomic mass is 32.2. The number of benzene rings is 3. The molecule has 0 saturated carbocycles. The number of H-pyrrole nitrogens is 1. The molecular formula is C37H47N5O8S2. The van der Waals surface area contributed by atoms with Crippen molar-refractivity contribution in [3.8, 4) is 0 Å². The van der Waals surface area contributed by atoms with Gasteiger partial charge in [0.05, 0.1) is 16.2 Å². The molecule has 1 heterocycles. The van der Waals surface area contributed by atoms with E-state index in [9.17, 15) is 36.3 Å². The van der Waals surface area contributed by atoms with Gasteiger partial charge in [0.25, 0.3) is 0 Å². The number of carbonyl (C=O) groups is 3. The Labute approximate surface area is 305 Å². The van der Waals surface area contributed by atoms with Crippen LogP contribution in [-0.2, 0) is 40.9 Å². The molecule has 4 aromatic rings. The van der Waals surface area contributed by atoms with Crippen LogP contribution in [0.25, 0.3) is 10.9 Å². The summed E-state index contributed by atoms with van der Waals surface area (Å²) in [6.07, 6.45) is 2.41. The van der Waals surface area contributed by atoms with Gasteiger partial charge in [-0.05, 0) is 80.1 Å². The summed E-state index contributed by atoms with van der Waals surface area (Å²) in [5, 5.41) is 16.0. The minimum absolute atomic E-state index is 0.0424. The Morgan fingerprint density at radius 1 is 0.885 bits per heavy atom. The van der Waals surface area contributed by atoms with E-state index in [1.54, 1.807) is 18.3 Å². The first-order valence-corrected chi connectivity index (χ1v) is 20.0. The number of aromatic nitrogens is 1. The van der Waals surface area contributed by atoms with Gasteiger partial charge in [-0.2, -0.15) is 9.03 Å². The standard InChI is InChI=1S/C37H47N5O8S2/c1-25(2)24-42(52(49,50)32-16-12-26(3)13-17-32)30(22-36(44)45)9-7-8-20-38-37(46)35(21-28-23-39-34-11-6-5-10-33(28)34)41-51(47,48)31-18-14-29(15-19-31)40-27(4)43/h5-6,10-19,23,25,30,35,39,41H,7-9,20-22,24H2,1-4H3,(H,38,46)(H,40,43)(H,44,45)/t30-,35-/m0/s1. The molecule has 13 nitrogen and oxygen atoms in total. The highest BCUT2D eigenvalue weighted by Crippen LogP contribution is 2.25. The molecule has 3 aromatic carbocycles. The number of aryl methyl sites for hydroxylation is 1. The van der Waals surface area contributed by atoms with E-state index in [4.69, 9.17) is 0 Å². The second kappa shape index (κ2) is 17.8. The molecule has 4 rings (SSSR count). The molecule has 1 aromatic heterocycles. The highest BCUT2D eigenvalue weighted by molar-refractivity contribution is 7.89. The number of rotatable bonds is 19. The average Bonchev–Trinajstić information content (AvgIpc) is 3.48. The van der Waals surface area contributed by atoms with Crippen LogP contribution >= 0.6 is 0 Å². The van der Waals surface area contributed by atoms with E-state index < -0.39 is 44.0 Å². The van der Waals surface area contributed by atoms with Gasteiger partial charge in [-0.1, -0.05) is 56.2 Å². The average molecular weight is 754 g/mol. The lowest BCUT2D eigenvalue weighted by Crippen LogP contribution is -2.48. The largest absolute Gasteiger partial charge is 0.481 e. The molecule has 0 unspecified atom stereocenters. The molecule has 280 valence electrons. The third-order valence-corrected chi connectivity index (χ3v) is 11.9. The van der Waals surface area contributed by atoms with Crippen LogP contribution in [0, 0.1) is 12.8 Å². The first-order valence-electron chi connectivity index (χ1n) is 17.1. The Kier molecular flexibility index (Phi) is 13.7. The van der Waals surface area contributed by atoms with Crippen molar-refractivity contribution in [2.45, 2.75) is 81.7 Å². The Morgan fingerprint density at radius 3 is 2.17 bits per heavy atom. The topological polar surface area (TPSA) is 195 Å². The van der Waals surface area contributed by atoms with E-state index in [2.05, 4.69) is 20.3 Å². The van der Waals surface area contributed by atoms with Crippen LogP contribution < -0.4 is 15.4 Å². The number of hydrogen-bond donors (Lipinski definition) is 5. The Balaban J connectivity index is 1.47. The Morgan fingerprint density at radius 2 is 1.54 bits per heavy atom. The summed E-state index contributed by atoms with van der Waals surface area (Å²) in [5.74, 6) is -2.05. The Bertz CT molecular complexity index is 2060. The van der Waals surface area contributed by atoms with Gasteiger partial charge in [0.15, 0.2) is 0 Å². The zero-order chi connectivity index (χ0) is 38.1. The van der Waals surface area contributed by atoms with Crippen LogP contribution in [-0.4, -0.2) is 74.2 Å². The maximum Gasteiger partial charge on any atom is 0.304 e. The minimum atomic E-state index is -4.17. The molecule has 0 bridgehead atoms. The molecule has 0 fully saturated rings. The lowest BCUT2D eigenvalue weighted by Gasteiger charge is -2.31. The van der Waals surface area contributed by atoms with Crippen molar-refractivity contribution in [1.29, 1.82) is 0 Å². The molecule has 2 amide bonds. The van der Waals surface area contributed by atoms with Crippen molar-refractivity contribution < 1.29 is 36.3 Å². The van der Waals surface area contributed by atoms with Gasteiger partial charge >= 0.3 is 5.97 Å². The van der Waals surface area contributed by atoms with E-state index in [0.29, 0.717) is 18.5 Å². The molecular weight excluding hydrogens is 707 g/mol. The summed E-state index contributed by atoms with van der Waals surface area (Å²) in [5.41, 5.74) is 2.88. The van der Waals surface area contributed by atoms with E-state index in [1.165, 1.54) is 47.6 Å². The van der Waals surface area contributed by atoms with E-state index in [0.717, 1.165) is 22.0 Å². The molecule has 0 aliphatic carbocycles. The number of aliphatic carboxylic acids is 1. The van der Waals surface area contributed by atoms with E-state index in [-0.39, 0.29) is 54.0 Å². The number of anilines is 1. The maximum absolute atomic E-state index is 13.7. The van der Waals surface area contributed by atoms with Gasteiger partial charge in [-0.3, -0.25) is 14.4 Å². The molecule has 15 heteroatoms. The SMILES string of the molecule is CC(=O)Nc1ccc(S(=O)(=O)N[C@@H](Cc2c[nH]c3ccccc23)C(=O)NCCCC[C@@H](CC(=O)O)N(CC(C)C)S(=O)(=O)c2ccc(C)cc2)cc1. The summed E-state index contributed by atoms with van der Waals surface area (Å²) in [6, 6.07) is 17.5. The molecule has 0 saturated heterocycles. The van der Waals surface area contributed by atoms with E-state index in [1.807, 2.05) is 45.0 Å². The predicted molar refractivity (Wildman–Crippen MR) is 200 cm³/mol. The third-order valence-electron chi connectivity index (χ3n) is 8.45. The lowest BCUT2D eigenvalue weighted by atomic mass is 10.0. The number of amides is 2. The minimum Gasteiger partial charge on any atom is -0.481 e. The lowest BCUT2D eigenvalue weighted by molar-refractivity contribution is -0.138. The van der Waals surface area contributed by atoms with Crippen LogP contribution in [0.1, 0.15) is 57.6 Å². The smallest absolute Gasteiger partial charge is 0.304 e. The normalized spacial score (nSPS) is 13.3. The van der Waals surface area contributed by atoms with Gasteiger partial charge in [-0.25, -0.2) is 16.8 Å². The van der Waals surface area contributed by atoms with Gasteiger partial charge in [0.1, 0.15) is 6.04 Å². The van der Waals surface area contributed by atoms with Crippen molar-refractivity contribution in [3.05, 3.63) is 90.1 Å². The predicted octanol–water partition coefficient (Wildman–Crippen LogP) is 4.80. The second-order valence-electron chi connectivity index (χ2n) is 13.3. The van der Waals surface area contributed by atoms with Crippen molar-refractivity contribution >= 4 is 54.4 Å². The molecule has 0 aliphatic heterocycles. The molecule has 5 N–H and O–H groups in total. The molecule has 0 radical (unpaired) electrons. The quantitative estimate of drug-likeness (QED) is 0.0843. The van der Waals surface area contributed by atoms with Gasteiger partial charge in [0, 0.05) is 48.8 Å². The number of aromatic amines is 1. The number of unbranched alkanes of at least 4 members (excludes halogenated alkanes) is 1. The van der Waals surface area contributed by atoms with Crippen LogP contribution in [0.3, 0.4) is 0 Å². The first kappa shape index (κ1) is 40.2. The molecule has 0 spiro atoms. The van der Waals surface area contributed by atoms with Crippen molar-refractivity contribution in [2.75, 3.05) is 18.4 Å². The van der Waals surface area contributed by atoms with Gasteiger partial charge < -0.3 is 20.7 Å². The number of para-hydroxylation sites is 1. The molecule has 2 atom stereocenters. The summed E-state index contributed by atoms with van der Waals surface area (Å²) in [4.78, 5) is 40.1. The van der Waals surface area contributed by atoms with Gasteiger partial charge in [0.2, 0.25) is 31.9 Å². The van der Waals surface area contributed by atoms with Crippen molar-refractivity contribution in [1.82, 2.24) is 19.3 Å². The number of carboxylic acids is 1. The summed E-state index contributed by atoms with van der Waals surface area (Å²) in [7, 11) is -8.17. The first-order chi connectivity index (χ1) is 24.6. The number of carbonyl (C=O) groups excluding carboxylic acids is 2. The fourth-order valence-electron chi connectivity index (χ4n) is 5.92. The maximum atomic E-state index is 13.7. The number of nitrogens with one attached hydrogen (secondary N) is 4. The Hall–Kier alpha value is -4.57. The number of hydrogen-bond acceptors (Lipinski definition) is 7. The molecule has 52 heavy (non-hydrogen) atoms. The van der Waals surface area contributed by atoms with Crippen LogP contribution in [0.4, 0.5) is 5.69 Å². The fourth-order valence-corrected chi connectivity index (χ4v) is 8.94. The fraction of sp³-hybridized carbons (Fsp3) is 0.378. The summed E-state index contributed by atoms with van der Waals surface area (Å²) < 4.78 is 58.2. The van der Waals surface area contributed by atoms with Crippen molar-refractivity contribution in [3.63, 3.8) is 0 Å². The zero-order valence-corrected chi connectivity index (χ0v) is 31.4. The number of sulfonamides is 2. The number of fused-ring (bicyclic) bond motifs is 1. The van der Waals surface area contributed by atoms with Crippen LogP contribution in [0.5, 0.6) is 0 Å². The monoisotopic (exact) mass is 753 g/mol. The second-order valence-corrected chi connectivity index (χ2v) is 16.9. The zero-order valence-electron chi connectivity index (χ0n) is 29.8. The summed E-state index contributed by atoms with van der Waals surface area (Å²) in [6.45, 7) is 7.21. The van der Waals surface area contributed by atoms with Crippen LogP contribution in [0.2, 0.25) is 0 Å². The summed E-state index contributed by atoms with van der Waals surface area (Å²) >= 11 is 0.